The molecule has 0 aliphatic heterocycles. The van der Waals surface area contributed by atoms with Gasteiger partial charge < -0.3 is 15.8 Å². The number of amides is 1. The molecule has 1 amide bonds. The van der Waals surface area contributed by atoms with Gasteiger partial charge in [0.25, 0.3) is 5.91 Å². The Morgan fingerprint density at radius 1 is 1.04 bits per heavy atom. The van der Waals surface area contributed by atoms with Crippen LogP contribution in [0.15, 0.2) is 54.6 Å². The average Bonchev–Trinajstić information content (AvgIpc) is 2.66. The third-order valence-electron chi connectivity index (χ3n) is 4.04. The van der Waals surface area contributed by atoms with Crippen LogP contribution < -0.4 is 11.1 Å². The van der Waals surface area contributed by atoms with Gasteiger partial charge in [-0.2, -0.15) is 0 Å². The molecule has 0 fully saturated rings. The summed E-state index contributed by atoms with van der Waals surface area (Å²) in [7, 11) is 1.37. The number of esters is 1. The Hall–Kier alpha value is -2.66. The Balaban J connectivity index is 2.04. The van der Waals surface area contributed by atoms with Gasteiger partial charge in [0.1, 0.15) is 0 Å². The number of nitrogens with two attached hydrogens (primary N) is 1. The van der Waals surface area contributed by atoms with E-state index in [1.165, 1.54) is 7.11 Å². The minimum absolute atomic E-state index is 0.150. The van der Waals surface area contributed by atoms with E-state index in [1.807, 2.05) is 42.5 Å². The van der Waals surface area contributed by atoms with Crippen LogP contribution in [-0.4, -0.2) is 25.0 Å². The number of carbonyl (C=O) groups is 2. The summed E-state index contributed by atoms with van der Waals surface area (Å²) in [5.74, 6) is -0.436. The van der Waals surface area contributed by atoms with E-state index in [1.54, 1.807) is 12.1 Å². The van der Waals surface area contributed by atoms with Crippen molar-refractivity contribution >= 4 is 11.9 Å². The SMILES string of the molecule is COC(=O)CCC(Cc1ccccc1)NC(=O)c1ccc(CN)cc1. The van der Waals surface area contributed by atoms with Crippen LogP contribution in [0.4, 0.5) is 0 Å². The molecule has 0 aliphatic carbocycles. The van der Waals surface area contributed by atoms with Gasteiger partial charge >= 0.3 is 5.97 Å². The fraction of sp³-hybridized carbons (Fsp3) is 0.300. The molecule has 132 valence electrons. The second-order valence-electron chi connectivity index (χ2n) is 5.88. The molecule has 2 aromatic rings. The lowest BCUT2D eigenvalue weighted by molar-refractivity contribution is -0.140. The highest BCUT2D eigenvalue weighted by molar-refractivity contribution is 5.94. The molecule has 25 heavy (non-hydrogen) atoms. The topological polar surface area (TPSA) is 81.4 Å². The van der Waals surface area contributed by atoms with Gasteiger partial charge in [0.05, 0.1) is 7.11 Å². The third kappa shape index (κ3) is 6.04. The maximum absolute atomic E-state index is 12.5. The second-order valence-corrected chi connectivity index (χ2v) is 5.88. The molecule has 0 saturated heterocycles. The molecule has 0 radical (unpaired) electrons. The van der Waals surface area contributed by atoms with Gasteiger partial charge in [-0.05, 0) is 36.1 Å². The van der Waals surface area contributed by atoms with Crippen molar-refractivity contribution in [2.45, 2.75) is 31.8 Å². The van der Waals surface area contributed by atoms with E-state index in [0.717, 1.165) is 11.1 Å². The maximum Gasteiger partial charge on any atom is 0.305 e. The van der Waals surface area contributed by atoms with Crippen molar-refractivity contribution in [3.8, 4) is 0 Å². The molecule has 0 bridgehead atoms. The number of nitrogens with one attached hydrogen (secondary N) is 1. The third-order valence-corrected chi connectivity index (χ3v) is 4.04. The highest BCUT2D eigenvalue weighted by Gasteiger charge is 2.16. The number of rotatable bonds is 8. The van der Waals surface area contributed by atoms with Crippen LogP contribution in [0.1, 0.15) is 34.3 Å². The largest absolute Gasteiger partial charge is 0.469 e. The van der Waals surface area contributed by atoms with Gasteiger partial charge in [-0.25, -0.2) is 0 Å². The molecule has 3 N–H and O–H groups in total. The summed E-state index contributed by atoms with van der Waals surface area (Å²) in [6, 6.07) is 16.9. The molecule has 5 nitrogen and oxygen atoms in total. The van der Waals surface area contributed by atoms with Crippen LogP contribution in [0, 0.1) is 0 Å². The van der Waals surface area contributed by atoms with E-state index in [2.05, 4.69) is 5.32 Å². The lowest BCUT2D eigenvalue weighted by Gasteiger charge is -2.19. The first kappa shape index (κ1) is 18.7. The molecular formula is C20H24N2O3. The number of benzene rings is 2. The minimum atomic E-state index is -0.278. The number of ether oxygens (including phenoxy) is 1. The number of hydrogen-bond acceptors (Lipinski definition) is 4. The van der Waals surface area contributed by atoms with Gasteiger partial charge in [0.2, 0.25) is 0 Å². The van der Waals surface area contributed by atoms with Gasteiger partial charge in [-0.1, -0.05) is 42.5 Å². The summed E-state index contributed by atoms with van der Waals surface area (Å²) in [5.41, 5.74) is 8.24. The van der Waals surface area contributed by atoms with Crippen molar-refractivity contribution in [2.75, 3.05) is 7.11 Å². The fourth-order valence-corrected chi connectivity index (χ4v) is 2.58. The highest BCUT2D eigenvalue weighted by Crippen LogP contribution is 2.10. The van der Waals surface area contributed by atoms with Gasteiger partial charge in [-0.3, -0.25) is 9.59 Å². The highest BCUT2D eigenvalue weighted by atomic mass is 16.5. The summed E-state index contributed by atoms with van der Waals surface area (Å²) < 4.78 is 4.70. The quantitative estimate of drug-likeness (QED) is 0.723. The standard InChI is InChI=1S/C20H24N2O3/c1-25-19(23)12-11-18(13-15-5-3-2-4-6-15)22-20(24)17-9-7-16(14-21)8-10-17/h2-10,18H,11-14,21H2,1H3,(H,22,24). The predicted molar refractivity (Wildman–Crippen MR) is 97.0 cm³/mol. The Morgan fingerprint density at radius 2 is 1.72 bits per heavy atom. The van der Waals surface area contributed by atoms with Crippen molar-refractivity contribution in [1.29, 1.82) is 0 Å². The van der Waals surface area contributed by atoms with E-state index >= 15 is 0 Å². The van der Waals surface area contributed by atoms with Gasteiger partial charge in [-0.15, -0.1) is 0 Å². The molecule has 0 aliphatic rings. The lowest BCUT2D eigenvalue weighted by atomic mass is 10.0. The van der Waals surface area contributed by atoms with Crippen molar-refractivity contribution in [3.63, 3.8) is 0 Å². The molecule has 2 aromatic carbocycles. The van der Waals surface area contributed by atoms with Crippen LogP contribution in [0.5, 0.6) is 0 Å². The number of hydrogen-bond donors (Lipinski definition) is 2. The monoisotopic (exact) mass is 340 g/mol. The number of carbonyl (C=O) groups excluding carboxylic acids is 2. The van der Waals surface area contributed by atoms with Crippen molar-refractivity contribution in [1.82, 2.24) is 5.32 Å². The molecule has 2 rings (SSSR count). The summed E-state index contributed by atoms with van der Waals surface area (Å²) in [6.07, 6.45) is 1.44. The first-order valence-corrected chi connectivity index (χ1v) is 8.33. The second kappa shape index (κ2) is 9.59. The maximum atomic E-state index is 12.5. The van der Waals surface area contributed by atoms with E-state index in [9.17, 15) is 9.59 Å². The van der Waals surface area contributed by atoms with E-state index in [4.69, 9.17) is 10.5 Å². The molecule has 0 heterocycles. The summed E-state index contributed by atoms with van der Waals surface area (Å²) >= 11 is 0. The van der Waals surface area contributed by atoms with E-state index in [0.29, 0.717) is 24.9 Å². The zero-order chi connectivity index (χ0) is 18.1. The Bertz CT molecular complexity index is 684. The van der Waals surface area contributed by atoms with Crippen LogP contribution in [0.3, 0.4) is 0 Å². The van der Waals surface area contributed by atoms with E-state index in [-0.39, 0.29) is 24.3 Å². The molecule has 1 atom stereocenters. The summed E-state index contributed by atoms with van der Waals surface area (Å²) in [5, 5.41) is 3.02. The van der Waals surface area contributed by atoms with Gasteiger partial charge in [0, 0.05) is 24.6 Å². The Labute approximate surface area is 148 Å². The molecular weight excluding hydrogens is 316 g/mol. The van der Waals surface area contributed by atoms with E-state index < -0.39 is 0 Å². The normalized spacial score (nSPS) is 11.6. The average molecular weight is 340 g/mol. The van der Waals surface area contributed by atoms with Crippen LogP contribution in [0.2, 0.25) is 0 Å². The molecule has 0 aromatic heterocycles. The Morgan fingerprint density at radius 3 is 2.32 bits per heavy atom. The van der Waals surface area contributed by atoms with Crippen molar-refractivity contribution in [2.24, 2.45) is 5.73 Å². The summed E-state index contributed by atoms with van der Waals surface area (Å²) in [4.78, 5) is 23.9. The molecule has 5 heteroatoms. The van der Waals surface area contributed by atoms with Crippen molar-refractivity contribution in [3.05, 3.63) is 71.3 Å². The molecule has 0 saturated carbocycles. The first-order valence-electron chi connectivity index (χ1n) is 8.33. The first-order chi connectivity index (χ1) is 12.1. The van der Waals surface area contributed by atoms with Gasteiger partial charge in [0.15, 0.2) is 0 Å². The van der Waals surface area contributed by atoms with Crippen molar-refractivity contribution < 1.29 is 14.3 Å². The zero-order valence-corrected chi connectivity index (χ0v) is 14.4. The Kier molecular flexibility index (Phi) is 7.16. The summed E-state index contributed by atoms with van der Waals surface area (Å²) in [6.45, 7) is 0.442. The fourth-order valence-electron chi connectivity index (χ4n) is 2.58. The smallest absolute Gasteiger partial charge is 0.305 e. The lowest BCUT2D eigenvalue weighted by Crippen LogP contribution is -2.37. The zero-order valence-electron chi connectivity index (χ0n) is 14.4. The van der Waals surface area contributed by atoms with Crippen LogP contribution in [0.25, 0.3) is 0 Å². The molecule has 0 spiro atoms. The van der Waals surface area contributed by atoms with Crippen LogP contribution >= 0.6 is 0 Å². The molecule has 1 unspecified atom stereocenters. The van der Waals surface area contributed by atoms with Crippen LogP contribution in [-0.2, 0) is 22.5 Å². The minimum Gasteiger partial charge on any atom is -0.469 e. The predicted octanol–water partition coefficient (Wildman–Crippen LogP) is 2.44. The number of methoxy groups -OCH3 is 1.